The van der Waals surface area contributed by atoms with Gasteiger partial charge in [0.05, 0.1) is 17.6 Å². The predicted octanol–water partition coefficient (Wildman–Crippen LogP) is 5.27. The maximum Gasteiger partial charge on any atom is 0.481 e. The first kappa shape index (κ1) is 36.3. The number of guanidine groups is 1. The summed E-state index contributed by atoms with van der Waals surface area (Å²) in [5, 5.41) is 15.2. The topological polar surface area (TPSA) is 158 Å². The third kappa shape index (κ3) is 7.97. The van der Waals surface area contributed by atoms with Crippen LogP contribution in [0.4, 0.5) is 0 Å². The van der Waals surface area contributed by atoms with Gasteiger partial charge in [-0.25, -0.2) is 15.1 Å². The molecule has 2 aromatic rings. The molecule has 1 saturated heterocycles. The maximum absolute atomic E-state index is 14.0. The number of nitro groups is 1. The van der Waals surface area contributed by atoms with Gasteiger partial charge in [0.1, 0.15) is 5.78 Å². The van der Waals surface area contributed by atoms with E-state index < -0.39 is 23.7 Å². The highest BCUT2D eigenvalue weighted by Crippen LogP contribution is 2.65. The fourth-order valence-corrected chi connectivity index (χ4v) is 8.12. The zero-order valence-corrected chi connectivity index (χ0v) is 27.7. The first-order chi connectivity index (χ1) is 21.8. The maximum atomic E-state index is 14.0. The number of aliphatic imine (C=N–C) groups is 1. The molecule has 0 aromatic heterocycles. The molecule has 2 aromatic carbocycles. The van der Waals surface area contributed by atoms with Gasteiger partial charge in [0.2, 0.25) is 5.91 Å². The number of carbonyl (C=O) groups excluding carboxylic acids is 2. The second-order valence-corrected chi connectivity index (χ2v) is 14.6. The lowest BCUT2D eigenvalue weighted by Crippen LogP contribution is -2.65. The van der Waals surface area contributed by atoms with E-state index in [4.69, 9.17) is 15.0 Å². The van der Waals surface area contributed by atoms with Gasteiger partial charge < -0.3 is 20.4 Å². The van der Waals surface area contributed by atoms with Gasteiger partial charge in [-0.15, -0.1) is 0 Å². The molecule has 47 heavy (non-hydrogen) atoms. The first-order valence-corrected chi connectivity index (χ1v) is 16.6. The van der Waals surface area contributed by atoms with Crippen LogP contribution in [-0.4, -0.2) is 54.0 Å². The van der Waals surface area contributed by atoms with E-state index in [1.54, 1.807) is 0 Å². The number of nitrogens with zero attached hydrogens (tertiary/aromatic N) is 2. The molecule has 1 heterocycles. The zero-order chi connectivity index (χ0) is 33.2. The van der Waals surface area contributed by atoms with Gasteiger partial charge >= 0.3 is 7.12 Å². The van der Waals surface area contributed by atoms with Crippen LogP contribution >= 0.6 is 0 Å². The quantitative estimate of drug-likeness (QED) is 0.0624. The van der Waals surface area contributed by atoms with Crippen molar-refractivity contribution in [2.24, 2.45) is 39.8 Å². The van der Waals surface area contributed by atoms with Crippen molar-refractivity contribution in [3.8, 4) is 0 Å². The van der Waals surface area contributed by atoms with Crippen molar-refractivity contribution in [2.75, 3.05) is 6.54 Å². The summed E-state index contributed by atoms with van der Waals surface area (Å²) < 4.78 is 13.3. The Morgan fingerprint density at radius 2 is 1.87 bits per heavy atom. The van der Waals surface area contributed by atoms with E-state index in [2.05, 4.69) is 44.9 Å². The number of hydrogen-bond acceptors (Lipinski definition) is 7. The van der Waals surface area contributed by atoms with Crippen molar-refractivity contribution >= 4 is 35.5 Å². The molecule has 1 amide bonds. The molecule has 6 atom stereocenters. The summed E-state index contributed by atoms with van der Waals surface area (Å²) in [4.78, 5) is 42.2. The van der Waals surface area contributed by atoms with Gasteiger partial charge in [-0.3, -0.25) is 9.59 Å². The molecule has 3 saturated carbocycles. The van der Waals surface area contributed by atoms with Gasteiger partial charge in [0.15, 0.2) is 5.03 Å². The molecular formula is C35H52BN5O6. The van der Waals surface area contributed by atoms with E-state index in [0.717, 1.165) is 29.2 Å². The van der Waals surface area contributed by atoms with Gasteiger partial charge in [-0.2, -0.15) is 0 Å². The lowest BCUT2D eigenvalue weighted by molar-refractivity contribution is -0.525. The van der Waals surface area contributed by atoms with Crippen molar-refractivity contribution < 1.29 is 23.9 Å². The van der Waals surface area contributed by atoms with E-state index in [1.165, 1.54) is 0 Å². The van der Waals surface area contributed by atoms with Crippen molar-refractivity contribution in [1.29, 1.82) is 0 Å². The molecule has 256 valence electrons. The van der Waals surface area contributed by atoms with Crippen molar-refractivity contribution in [1.82, 2.24) is 10.7 Å². The number of nitrogens with two attached hydrogens (primary N) is 1. The van der Waals surface area contributed by atoms with Crippen LogP contribution in [0.15, 0.2) is 47.5 Å². The van der Waals surface area contributed by atoms with Gasteiger partial charge in [-0.05, 0) is 78.5 Å². The standard InChI is InChI=1S/C34H48BN5O6.CH4/c1-21(2)16-30(35-45-29-20-25-19-28(33(25,3)4)34(29,5)46-35)38-31(42)24(13-9-15-37-32(36)39-40(43)44)18-26(41)17-23-12-8-11-22-10-6-7-14-27(22)23;/h6-8,10-12,14,21,24-25,28-30H,9,13,15-20H2,1-5H3,(H,38,42)(H3,36,37,39);1H4/t24-,25+,28+,29-,30+,34+;/m1./s1. The highest BCUT2D eigenvalue weighted by atomic mass is 16.7. The Morgan fingerprint density at radius 1 is 1.15 bits per heavy atom. The molecule has 0 spiro atoms. The third-order valence-corrected chi connectivity index (χ3v) is 10.7. The summed E-state index contributed by atoms with van der Waals surface area (Å²) in [5.74, 6) is -0.269. The Balaban J connectivity index is 0.00000500. The van der Waals surface area contributed by atoms with Crippen LogP contribution in [0.2, 0.25) is 0 Å². The van der Waals surface area contributed by atoms with Crippen molar-refractivity contribution in [2.45, 2.75) is 105 Å². The highest BCUT2D eigenvalue weighted by Gasteiger charge is 2.68. The monoisotopic (exact) mass is 649 g/mol. The number of amides is 1. The molecule has 0 radical (unpaired) electrons. The Bertz CT molecular complexity index is 1480. The second-order valence-electron chi connectivity index (χ2n) is 14.6. The van der Waals surface area contributed by atoms with Crippen LogP contribution in [0.1, 0.15) is 86.1 Å². The normalized spacial score (nSPS) is 25.7. The summed E-state index contributed by atoms with van der Waals surface area (Å²) in [6, 6.07) is 13.9. The predicted molar refractivity (Wildman–Crippen MR) is 185 cm³/mol. The number of rotatable bonds is 14. The van der Waals surface area contributed by atoms with Crippen LogP contribution in [0, 0.1) is 39.2 Å². The molecule has 6 rings (SSSR count). The molecule has 2 bridgehead atoms. The number of nitrogens with one attached hydrogen (secondary N) is 2. The summed E-state index contributed by atoms with van der Waals surface area (Å²) >= 11 is 0. The summed E-state index contributed by atoms with van der Waals surface area (Å²) in [6.45, 7) is 11.2. The van der Waals surface area contributed by atoms with E-state index in [-0.39, 0.29) is 67.8 Å². The Labute approximate surface area is 279 Å². The van der Waals surface area contributed by atoms with E-state index >= 15 is 0 Å². The van der Waals surface area contributed by atoms with Crippen molar-refractivity contribution in [3.63, 3.8) is 0 Å². The number of ketones is 1. The van der Waals surface area contributed by atoms with Gasteiger partial charge in [0.25, 0.3) is 5.96 Å². The second kappa shape index (κ2) is 14.7. The average Bonchev–Trinajstić information content (AvgIpc) is 3.35. The number of carbonyl (C=O) groups is 2. The Morgan fingerprint density at radius 3 is 2.57 bits per heavy atom. The summed E-state index contributed by atoms with van der Waals surface area (Å²) in [6.07, 6.45) is 3.81. The minimum Gasteiger partial charge on any atom is -0.404 e. The molecular weight excluding hydrogens is 597 g/mol. The molecule has 3 aliphatic carbocycles. The molecule has 12 heteroatoms. The number of fused-ring (bicyclic) bond motifs is 1. The number of hydrazine groups is 1. The molecule has 4 aliphatic rings. The van der Waals surface area contributed by atoms with Crippen LogP contribution in [0.5, 0.6) is 0 Å². The van der Waals surface area contributed by atoms with E-state index in [1.807, 2.05) is 47.9 Å². The summed E-state index contributed by atoms with van der Waals surface area (Å²) in [5.41, 5.74) is 8.13. The molecule has 0 unspecified atom stereocenters. The van der Waals surface area contributed by atoms with Gasteiger partial charge in [0, 0.05) is 25.3 Å². The fraction of sp³-hybridized carbons (Fsp3) is 0.629. The van der Waals surface area contributed by atoms with Crippen LogP contribution in [0.25, 0.3) is 10.8 Å². The van der Waals surface area contributed by atoms with Crippen LogP contribution in [0.3, 0.4) is 0 Å². The Hall–Kier alpha value is -3.51. The minimum atomic E-state index is -0.774. The summed E-state index contributed by atoms with van der Waals surface area (Å²) in [7, 11) is -0.568. The van der Waals surface area contributed by atoms with Crippen LogP contribution in [-0.2, 0) is 25.3 Å². The average molecular weight is 650 g/mol. The number of hydrogen-bond donors (Lipinski definition) is 3. The van der Waals surface area contributed by atoms with E-state index in [0.29, 0.717) is 31.1 Å². The largest absolute Gasteiger partial charge is 0.481 e. The lowest BCUT2D eigenvalue weighted by Gasteiger charge is -2.64. The highest BCUT2D eigenvalue weighted by molar-refractivity contribution is 6.47. The molecule has 4 fully saturated rings. The fourth-order valence-electron chi connectivity index (χ4n) is 8.12. The number of Topliss-reactive ketones (excluding diaryl/α,β-unsaturated/α-hetero) is 1. The zero-order valence-electron chi connectivity index (χ0n) is 27.7. The first-order valence-electron chi connectivity index (χ1n) is 16.6. The third-order valence-electron chi connectivity index (χ3n) is 10.7. The number of benzene rings is 2. The molecule has 1 aliphatic heterocycles. The molecule has 11 nitrogen and oxygen atoms in total. The smallest absolute Gasteiger partial charge is 0.404 e. The lowest BCUT2D eigenvalue weighted by atomic mass is 9.43. The van der Waals surface area contributed by atoms with Crippen LogP contribution < -0.4 is 16.5 Å². The molecule has 4 N–H and O–H groups in total. The minimum absolute atomic E-state index is 0. The van der Waals surface area contributed by atoms with Gasteiger partial charge in [-0.1, -0.05) is 83.0 Å². The Kier molecular flexibility index (Phi) is 11.4. The SMILES string of the molecule is C.CC(C)C[C@H](NC(=O)[C@H](CCCN=C(N)N[N+](=O)[O-])CC(=O)Cc1cccc2ccccc12)B1O[C@@H]2C[C@@H]3C[C@@H](C3(C)C)[C@]2(C)O1. The van der Waals surface area contributed by atoms with E-state index in [9.17, 15) is 19.7 Å². The van der Waals surface area contributed by atoms with Crippen molar-refractivity contribution in [3.05, 3.63) is 58.1 Å².